The summed E-state index contributed by atoms with van der Waals surface area (Å²) in [7, 11) is 1.61. The van der Waals surface area contributed by atoms with E-state index in [4.69, 9.17) is 13.9 Å². The molecule has 0 radical (unpaired) electrons. The van der Waals surface area contributed by atoms with E-state index in [0.717, 1.165) is 46.5 Å². The summed E-state index contributed by atoms with van der Waals surface area (Å²) in [4.78, 5) is 12.1. The Labute approximate surface area is 154 Å². The van der Waals surface area contributed by atoms with Crippen molar-refractivity contribution < 1.29 is 18.7 Å². The van der Waals surface area contributed by atoms with Crippen LogP contribution >= 0.6 is 0 Å². The molecule has 2 aromatic rings. The summed E-state index contributed by atoms with van der Waals surface area (Å²) < 4.78 is 16.9. The molecule has 1 amide bonds. The molecule has 0 unspecified atom stereocenters. The minimum atomic E-state index is -0.128. The van der Waals surface area contributed by atoms with Gasteiger partial charge >= 0.3 is 0 Å². The van der Waals surface area contributed by atoms with Crippen LogP contribution in [0.3, 0.4) is 0 Å². The fourth-order valence-corrected chi connectivity index (χ4v) is 3.47. The zero-order chi connectivity index (χ0) is 18.5. The summed E-state index contributed by atoms with van der Waals surface area (Å²) in [5.74, 6) is 1.73. The van der Waals surface area contributed by atoms with E-state index in [0.29, 0.717) is 19.8 Å². The van der Waals surface area contributed by atoms with E-state index in [-0.39, 0.29) is 5.91 Å². The summed E-state index contributed by atoms with van der Waals surface area (Å²) in [5, 5.41) is 3.96. The minimum Gasteiger partial charge on any atom is -0.493 e. The molecule has 1 heterocycles. The Balaban J connectivity index is 1.96. The van der Waals surface area contributed by atoms with Crippen LogP contribution in [0.1, 0.15) is 43.6 Å². The highest BCUT2D eigenvalue weighted by atomic mass is 16.5. The number of carbonyl (C=O) groups excluding carboxylic acids is 1. The number of amides is 1. The van der Waals surface area contributed by atoms with Gasteiger partial charge in [-0.25, -0.2) is 0 Å². The largest absolute Gasteiger partial charge is 0.493 e. The van der Waals surface area contributed by atoms with Crippen LogP contribution in [-0.4, -0.2) is 32.8 Å². The summed E-state index contributed by atoms with van der Waals surface area (Å²) in [5.41, 5.74) is 4.00. The van der Waals surface area contributed by atoms with E-state index < -0.39 is 0 Å². The molecule has 140 valence electrons. The number of rotatable bonds is 7. The first-order chi connectivity index (χ1) is 12.6. The molecule has 5 heteroatoms. The molecule has 0 aliphatic heterocycles. The number of furan rings is 1. The number of hydrogen-bond donors (Lipinski definition) is 1. The minimum absolute atomic E-state index is 0.128. The van der Waals surface area contributed by atoms with Gasteiger partial charge in [0.1, 0.15) is 17.1 Å². The highest BCUT2D eigenvalue weighted by molar-refractivity contribution is 5.97. The number of methoxy groups -OCH3 is 1. The van der Waals surface area contributed by atoms with E-state index in [9.17, 15) is 4.79 Å². The van der Waals surface area contributed by atoms with Gasteiger partial charge in [0.05, 0.1) is 13.2 Å². The van der Waals surface area contributed by atoms with Crippen molar-refractivity contribution in [2.45, 2.75) is 39.5 Å². The highest BCUT2D eigenvalue weighted by Crippen LogP contribution is 2.38. The first kappa shape index (κ1) is 18.5. The molecule has 1 aliphatic rings. The predicted molar refractivity (Wildman–Crippen MR) is 103 cm³/mol. The lowest BCUT2D eigenvalue weighted by Crippen LogP contribution is -2.25. The molecule has 1 aromatic carbocycles. The maximum Gasteiger partial charge on any atom is 0.244 e. The van der Waals surface area contributed by atoms with Crippen LogP contribution in [0.5, 0.6) is 5.75 Å². The molecule has 0 saturated heterocycles. The lowest BCUT2D eigenvalue weighted by atomic mass is 9.94. The maximum absolute atomic E-state index is 12.1. The van der Waals surface area contributed by atoms with Crippen molar-refractivity contribution in [1.29, 1.82) is 0 Å². The van der Waals surface area contributed by atoms with E-state index in [1.54, 1.807) is 13.2 Å². The monoisotopic (exact) mass is 357 g/mol. The second kappa shape index (κ2) is 8.41. The SMILES string of the molecule is CCOc1cc2oc3c(c2cc1/C(C)=C/C(=O)NCCOC)CCCC3. The normalized spacial score (nSPS) is 14.3. The third-order valence-electron chi connectivity index (χ3n) is 4.73. The number of nitrogens with one attached hydrogen (secondary N) is 1. The Kier molecular flexibility index (Phi) is 5.99. The van der Waals surface area contributed by atoms with E-state index in [2.05, 4.69) is 11.4 Å². The Morgan fingerprint density at radius 1 is 1.31 bits per heavy atom. The van der Waals surface area contributed by atoms with Crippen molar-refractivity contribution in [3.05, 3.63) is 35.1 Å². The van der Waals surface area contributed by atoms with Gasteiger partial charge in [-0.2, -0.15) is 0 Å². The van der Waals surface area contributed by atoms with E-state index in [1.807, 2.05) is 19.9 Å². The quantitative estimate of drug-likeness (QED) is 0.603. The number of fused-ring (bicyclic) bond motifs is 3. The molecule has 0 atom stereocenters. The zero-order valence-electron chi connectivity index (χ0n) is 15.8. The average molecular weight is 357 g/mol. The molecule has 5 nitrogen and oxygen atoms in total. The molecule has 0 saturated carbocycles. The number of benzene rings is 1. The molecular weight excluding hydrogens is 330 g/mol. The van der Waals surface area contributed by atoms with Gasteiger partial charge in [-0.05, 0) is 44.7 Å². The van der Waals surface area contributed by atoms with Gasteiger partial charge in [0.25, 0.3) is 0 Å². The van der Waals surface area contributed by atoms with Crippen molar-refractivity contribution in [2.24, 2.45) is 0 Å². The second-order valence-electron chi connectivity index (χ2n) is 6.60. The fraction of sp³-hybridized carbons (Fsp3) is 0.476. The summed E-state index contributed by atoms with van der Waals surface area (Å²) >= 11 is 0. The number of aryl methyl sites for hydroxylation is 2. The number of carbonyl (C=O) groups is 1. The van der Waals surface area contributed by atoms with Gasteiger partial charge in [0.2, 0.25) is 5.91 Å². The molecule has 3 rings (SSSR count). The van der Waals surface area contributed by atoms with Crippen LogP contribution in [0.4, 0.5) is 0 Å². The predicted octanol–water partition coefficient (Wildman–Crippen LogP) is 3.88. The van der Waals surface area contributed by atoms with Gasteiger partial charge in [0, 0.05) is 48.7 Å². The Hall–Kier alpha value is -2.27. The third-order valence-corrected chi connectivity index (χ3v) is 4.73. The molecule has 0 fully saturated rings. The molecule has 26 heavy (non-hydrogen) atoms. The summed E-state index contributed by atoms with van der Waals surface area (Å²) in [6.07, 6.45) is 6.04. The smallest absolute Gasteiger partial charge is 0.244 e. The third kappa shape index (κ3) is 3.93. The lowest BCUT2D eigenvalue weighted by Gasteiger charge is -2.12. The molecule has 1 N–H and O–H groups in total. The van der Waals surface area contributed by atoms with Crippen molar-refractivity contribution in [3.8, 4) is 5.75 Å². The lowest BCUT2D eigenvalue weighted by molar-refractivity contribution is -0.116. The highest BCUT2D eigenvalue weighted by Gasteiger charge is 2.20. The fourth-order valence-electron chi connectivity index (χ4n) is 3.47. The molecule has 1 aliphatic carbocycles. The van der Waals surface area contributed by atoms with Crippen molar-refractivity contribution >= 4 is 22.4 Å². The molecule has 1 aromatic heterocycles. The van der Waals surface area contributed by atoms with Crippen molar-refractivity contribution in [3.63, 3.8) is 0 Å². The van der Waals surface area contributed by atoms with Crippen LogP contribution < -0.4 is 10.1 Å². The van der Waals surface area contributed by atoms with Gasteiger partial charge in [-0.15, -0.1) is 0 Å². The molecular formula is C21H27NO4. The Morgan fingerprint density at radius 2 is 2.12 bits per heavy atom. The van der Waals surface area contributed by atoms with E-state index in [1.165, 1.54) is 18.4 Å². The zero-order valence-corrected chi connectivity index (χ0v) is 15.8. The topological polar surface area (TPSA) is 60.7 Å². The van der Waals surface area contributed by atoms with Crippen LogP contribution in [0.2, 0.25) is 0 Å². The first-order valence-corrected chi connectivity index (χ1v) is 9.30. The maximum atomic E-state index is 12.1. The summed E-state index contributed by atoms with van der Waals surface area (Å²) in [6.45, 7) is 5.44. The van der Waals surface area contributed by atoms with E-state index >= 15 is 0 Å². The van der Waals surface area contributed by atoms with Crippen LogP contribution in [0, 0.1) is 0 Å². The number of ether oxygens (including phenoxy) is 2. The van der Waals surface area contributed by atoms with Gasteiger partial charge < -0.3 is 19.2 Å². The van der Waals surface area contributed by atoms with Crippen LogP contribution in [0.15, 0.2) is 22.6 Å². The average Bonchev–Trinajstić information content (AvgIpc) is 2.99. The van der Waals surface area contributed by atoms with Crippen molar-refractivity contribution in [1.82, 2.24) is 5.32 Å². The first-order valence-electron chi connectivity index (χ1n) is 9.30. The number of allylic oxidation sites excluding steroid dienone is 1. The standard InChI is InChI=1S/C21H27NO4/c1-4-25-19-13-20-17(15-7-5-6-8-18(15)26-20)12-16(19)14(2)11-21(23)22-9-10-24-3/h11-13H,4-10H2,1-3H3,(H,22,23)/b14-11+. The van der Waals surface area contributed by atoms with Crippen LogP contribution in [-0.2, 0) is 22.4 Å². The summed E-state index contributed by atoms with van der Waals surface area (Å²) in [6, 6.07) is 4.08. The van der Waals surface area contributed by atoms with Crippen molar-refractivity contribution in [2.75, 3.05) is 26.9 Å². The Bertz CT molecular complexity index is 819. The second-order valence-corrected chi connectivity index (χ2v) is 6.60. The van der Waals surface area contributed by atoms with Gasteiger partial charge in [-0.3, -0.25) is 4.79 Å². The number of hydrogen-bond acceptors (Lipinski definition) is 4. The Morgan fingerprint density at radius 3 is 2.88 bits per heavy atom. The molecule has 0 spiro atoms. The van der Waals surface area contributed by atoms with Crippen LogP contribution in [0.25, 0.3) is 16.5 Å². The molecule has 0 bridgehead atoms. The van der Waals surface area contributed by atoms with Gasteiger partial charge in [0.15, 0.2) is 0 Å². The van der Waals surface area contributed by atoms with Gasteiger partial charge in [-0.1, -0.05) is 0 Å².